The number of hydrogen-bond donors (Lipinski definition) is 3. The molecule has 4 aromatic heterocycles. The van der Waals surface area contributed by atoms with Gasteiger partial charge in [0.2, 0.25) is 5.91 Å². The van der Waals surface area contributed by atoms with E-state index in [2.05, 4.69) is 30.6 Å². The van der Waals surface area contributed by atoms with Gasteiger partial charge in [-0.2, -0.15) is 26.3 Å². The number of rotatable bonds is 3. The summed E-state index contributed by atoms with van der Waals surface area (Å²) in [6.45, 7) is 1.87. The summed E-state index contributed by atoms with van der Waals surface area (Å²) in [5.41, 5.74) is 2.45. The van der Waals surface area contributed by atoms with E-state index < -0.39 is 41.7 Å². The second-order valence-corrected chi connectivity index (χ2v) is 12.4. The second kappa shape index (κ2) is 17.7. The van der Waals surface area contributed by atoms with Gasteiger partial charge in [0, 0.05) is 29.9 Å². The molecule has 0 radical (unpaired) electrons. The van der Waals surface area contributed by atoms with Gasteiger partial charge in [-0.05, 0) is 49.2 Å². The number of alkyl halides is 6. The van der Waals surface area contributed by atoms with Crippen molar-refractivity contribution in [3.8, 4) is 28.2 Å². The molecule has 14 nitrogen and oxygen atoms in total. The number of benzene rings is 1. The third kappa shape index (κ3) is 10.6. The minimum Gasteiger partial charge on any atom is -0.475 e. The number of fused-ring (bicyclic) bond motifs is 4. The molecule has 56 heavy (non-hydrogen) atoms. The Hall–Kier alpha value is -5.96. The monoisotopic (exact) mass is 832 g/mol. The molecule has 1 aromatic carbocycles. The molecule has 0 saturated heterocycles. The lowest BCUT2D eigenvalue weighted by molar-refractivity contribution is -0.193. The molecule has 3 N–H and O–H groups in total. The van der Waals surface area contributed by atoms with Gasteiger partial charge in [0.1, 0.15) is 0 Å². The molecule has 23 heteroatoms. The van der Waals surface area contributed by atoms with E-state index in [9.17, 15) is 35.9 Å². The molecule has 2 bridgehead atoms. The van der Waals surface area contributed by atoms with E-state index in [1.807, 2.05) is 13.0 Å². The first-order chi connectivity index (χ1) is 26.2. The van der Waals surface area contributed by atoms with Crippen LogP contribution in [0, 0.1) is 11.7 Å². The van der Waals surface area contributed by atoms with Crippen LogP contribution < -0.4 is 10.9 Å². The van der Waals surface area contributed by atoms with Gasteiger partial charge >= 0.3 is 24.3 Å². The Morgan fingerprint density at radius 2 is 1.57 bits per heavy atom. The Morgan fingerprint density at radius 1 is 0.911 bits per heavy atom. The number of hydrogen-bond acceptors (Lipinski definition) is 9. The number of aliphatic carboxylic acids is 2. The van der Waals surface area contributed by atoms with Gasteiger partial charge in [-0.15, -0.1) is 5.10 Å². The van der Waals surface area contributed by atoms with Crippen molar-refractivity contribution in [2.45, 2.75) is 44.6 Å². The zero-order valence-corrected chi connectivity index (χ0v) is 29.7. The largest absolute Gasteiger partial charge is 0.490 e. The molecule has 2 atom stereocenters. The number of aromatic nitrogens is 7. The molecule has 1 aliphatic heterocycles. The summed E-state index contributed by atoms with van der Waals surface area (Å²) < 4.78 is 81.6. The normalized spacial score (nSPS) is 15.6. The lowest BCUT2D eigenvalue weighted by Gasteiger charge is -2.22. The van der Waals surface area contributed by atoms with E-state index in [1.54, 1.807) is 36.7 Å². The summed E-state index contributed by atoms with van der Waals surface area (Å²) in [7, 11) is 0. The second-order valence-electron chi connectivity index (χ2n) is 11.6. The molecule has 0 saturated carbocycles. The van der Waals surface area contributed by atoms with Gasteiger partial charge < -0.3 is 15.5 Å². The Balaban J connectivity index is 0.000000425. The first kappa shape index (κ1) is 42.8. The van der Waals surface area contributed by atoms with Gasteiger partial charge in [-0.1, -0.05) is 41.8 Å². The predicted molar refractivity (Wildman–Crippen MR) is 183 cm³/mol. The first-order valence-electron chi connectivity index (χ1n) is 15.7. The zero-order valence-electron chi connectivity index (χ0n) is 28.2. The van der Waals surface area contributed by atoms with Crippen LogP contribution in [-0.4, -0.2) is 74.9 Å². The van der Waals surface area contributed by atoms with Gasteiger partial charge in [-0.25, -0.2) is 23.6 Å². The van der Waals surface area contributed by atoms with Crippen LogP contribution in [0.4, 0.5) is 36.4 Å². The van der Waals surface area contributed by atoms with Crippen molar-refractivity contribution in [1.82, 2.24) is 34.5 Å². The lowest BCUT2D eigenvalue weighted by atomic mass is 9.96. The van der Waals surface area contributed by atoms with Gasteiger partial charge in [0.15, 0.2) is 11.0 Å². The maximum absolute atomic E-state index is 15.4. The number of pyridine rings is 2. The van der Waals surface area contributed by atoms with E-state index in [-0.39, 0.29) is 38.9 Å². The molecule has 1 amide bonds. The van der Waals surface area contributed by atoms with Crippen molar-refractivity contribution >= 4 is 46.7 Å². The molecule has 5 heterocycles. The van der Waals surface area contributed by atoms with Crippen LogP contribution in [0.2, 0.25) is 10.2 Å². The Labute approximate surface area is 319 Å². The van der Waals surface area contributed by atoms with Crippen molar-refractivity contribution in [3.05, 3.63) is 99.4 Å². The van der Waals surface area contributed by atoms with Crippen LogP contribution in [0.1, 0.15) is 37.9 Å². The van der Waals surface area contributed by atoms with E-state index in [4.69, 9.17) is 43.0 Å². The molecule has 0 fully saturated rings. The van der Waals surface area contributed by atoms with Crippen molar-refractivity contribution in [3.63, 3.8) is 0 Å². The van der Waals surface area contributed by atoms with Crippen molar-refractivity contribution in [2.75, 3.05) is 5.32 Å². The highest BCUT2D eigenvalue weighted by Gasteiger charge is 2.39. The van der Waals surface area contributed by atoms with E-state index in [1.165, 1.54) is 33.9 Å². The van der Waals surface area contributed by atoms with Crippen LogP contribution in [0.5, 0.6) is 0 Å². The zero-order chi connectivity index (χ0) is 41.5. The molecule has 0 aliphatic carbocycles. The summed E-state index contributed by atoms with van der Waals surface area (Å²) in [6, 6.07) is 10.9. The lowest BCUT2D eigenvalue weighted by Crippen LogP contribution is -2.27. The molecular formula is C33H25Cl2F7N8O6. The van der Waals surface area contributed by atoms with Crippen LogP contribution in [0.3, 0.4) is 0 Å². The summed E-state index contributed by atoms with van der Waals surface area (Å²) in [5, 5.41) is 24.9. The molecule has 0 spiro atoms. The third-order valence-electron chi connectivity index (χ3n) is 7.72. The molecule has 6 rings (SSSR count). The van der Waals surface area contributed by atoms with Gasteiger partial charge in [0.25, 0.3) is 5.56 Å². The Bertz CT molecular complexity index is 2280. The quantitative estimate of drug-likeness (QED) is 0.158. The maximum Gasteiger partial charge on any atom is 0.490 e. The fraction of sp³-hybridized carbons (Fsp3) is 0.242. The predicted octanol–water partition coefficient (Wildman–Crippen LogP) is 7.01. The third-order valence-corrected chi connectivity index (χ3v) is 8.19. The SMILES string of the molecule is C[C@@H]1CCC[C@H](n2cnc(-c3c(-n4cc(Cl)nn4)ccc(Cl)c3F)cc2=O)c2cc(ccn2)-c2ncccc2NC1=O.O=C(O)C(F)(F)F.O=C(O)C(F)(F)F. The average molecular weight is 834 g/mol. The standard InChI is InChI=1S/C29H23Cl2FN8O2.2C2HF3O2/c1-16-4-2-6-22(20-12-17(9-11-33-20)28-19(36-29(16)42)5-3-10-34-28)39-15-35-21(13-25(39)41)26-23(8-7-18(30)27(26)32)40-14-24(31)37-38-40;2*3-2(4,5)1(6)7/h3,5,7-16,22H,2,4,6H2,1H3,(H,36,42);2*(H,6,7)/t16-,22+;;/m1../s1. The number of carboxylic acids is 2. The highest BCUT2D eigenvalue weighted by Crippen LogP contribution is 2.34. The number of halogens is 9. The smallest absolute Gasteiger partial charge is 0.475 e. The Kier molecular flexibility index (Phi) is 13.5. The summed E-state index contributed by atoms with van der Waals surface area (Å²) in [5.74, 6) is -6.65. The average Bonchev–Trinajstić information content (AvgIpc) is 3.56. The number of nitrogens with zero attached hydrogens (tertiary/aromatic N) is 7. The van der Waals surface area contributed by atoms with Gasteiger partial charge in [0.05, 0.1) is 57.6 Å². The number of carbonyl (C=O) groups is 3. The van der Waals surface area contributed by atoms with Gasteiger partial charge in [-0.3, -0.25) is 24.1 Å². The summed E-state index contributed by atoms with van der Waals surface area (Å²) >= 11 is 12.0. The molecule has 1 aliphatic rings. The number of nitrogens with one attached hydrogen (secondary N) is 1. The van der Waals surface area contributed by atoms with Crippen molar-refractivity contribution < 1.29 is 55.3 Å². The molecule has 5 aromatic rings. The van der Waals surface area contributed by atoms with Crippen molar-refractivity contribution in [2.24, 2.45) is 5.92 Å². The Morgan fingerprint density at radius 3 is 2.16 bits per heavy atom. The van der Waals surface area contributed by atoms with Crippen LogP contribution >= 0.6 is 23.2 Å². The van der Waals surface area contributed by atoms with E-state index in [0.717, 1.165) is 5.56 Å². The summed E-state index contributed by atoms with van der Waals surface area (Å²) in [4.78, 5) is 57.9. The first-order valence-corrected chi connectivity index (χ1v) is 16.4. The highest BCUT2D eigenvalue weighted by molar-refractivity contribution is 6.31. The van der Waals surface area contributed by atoms with Crippen LogP contribution in [0.25, 0.3) is 28.2 Å². The molecule has 296 valence electrons. The topological polar surface area (TPSA) is 195 Å². The fourth-order valence-electron chi connectivity index (χ4n) is 5.07. The number of amides is 1. The van der Waals surface area contributed by atoms with Crippen LogP contribution in [-0.2, 0) is 14.4 Å². The summed E-state index contributed by atoms with van der Waals surface area (Å²) in [6.07, 6.45) is -2.33. The van der Waals surface area contributed by atoms with Crippen LogP contribution in [0.15, 0.2) is 72.2 Å². The fourth-order valence-corrected chi connectivity index (χ4v) is 5.35. The minimum absolute atomic E-state index is 0.0188. The highest BCUT2D eigenvalue weighted by atomic mass is 35.5. The molecular weight excluding hydrogens is 808 g/mol. The maximum atomic E-state index is 15.4. The number of carbonyl (C=O) groups excluding carboxylic acids is 1. The molecule has 0 unspecified atom stereocenters. The van der Waals surface area contributed by atoms with E-state index in [0.29, 0.717) is 36.3 Å². The van der Waals surface area contributed by atoms with E-state index >= 15 is 4.39 Å². The minimum atomic E-state index is -5.08. The van der Waals surface area contributed by atoms with Crippen molar-refractivity contribution in [1.29, 1.82) is 0 Å². The number of carboxylic acid groups (broad SMARTS) is 2. The number of anilines is 1.